The van der Waals surface area contributed by atoms with Crippen LogP contribution in [-0.4, -0.2) is 64.4 Å². The third-order valence-electron chi connectivity index (χ3n) is 5.74. The van der Waals surface area contributed by atoms with Crippen LogP contribution in [0.25, 0.3) is 22.6 Å². The molecule has 2 N–H and O–H groups in total. The number of fused-ring (bicyclic) bond motifs is 2. The van der Waals surface area contributed by atoms with Crippen LogP contribution in [0.2, 0.25) is 0 Å². The molecule has 0 aromatic carbocycles. The summed E-state index contributed by atoms with van der Waals surface area (Å²) in [4.78, 5) is 11.0. The molecule has 1 aliphatic rings. The number of pyridine rings is 1. The molecule has 1 saturated heterocycles. The van der Waals surface area contributed by atoms with Gasteiger partial charge < -0.3 is 9.51 Å². The molecule has 10 heteroatoms. The van der Waals surface area contributed by atoms with E-state index in [1.54, 1.807) is 23.7 Å². The first kappa shape index (κ1) is 20.0. The molecule has 0 radical (unpaired) electrons. The lowest BCUT2D eigenvalue weighted by Crippen LogP contribution is -2.60. The number of nitrogens with one attached hydrogen (secondary N) is 1. The van der Waals surface area contributed by atoms with Crippen LogP contribution < -0.4 is 5.32 Å². The number of aliphatic hydroxyl groups excluding tert-OH is 1. The highest BCUT2D eigenvalue weighted by atomic mass is 19.1. The van der Waals surface area contributed by atoms with Crippen molar-refractivity contribution in [3.05, 3.63) is 47.4 Å². The smallest absolute Gasteiger partial charge is 0.179 e. The third-order valence-corrected chi connectivity index (χ3v) is 5.74. The monoisotopic (exact) mass is 424 g/mol. The van der Waals surface area contributed by atoms with Gasteiger partial charge in [0.2, 0.25) is 0 Å². The summed E-state index contributed by atoms with van der Waals surface area (Å²) >= 11 is 0. The number of halogens is 1. The van der Waals surface area contributed by atoms with Crippen molar-refractivity contribution in [1.82, 2.24) is 39.4 Å². The molecule has 4 aromatic rings. The molecule has 5 heterocycles. The van der Waals surface area contributed by atoms with Crippen LogP contribution in [0, 0.1) is 19.7 Å². The molecule has 162 valence electrons. The molecule has 1 unspecified atom stereocenters. The van der Waals surface area contributed by atoms with Gasteiger partial charge in [0.15, 0.2) is 17.1 Å². The fourth-order valence-electron chi connectivity index (χ4n) is 3.96. The standard InChI is InChI=1S/C21H25FN8O/c1-11(2)28-8-15(9-28)24-21(31)18-10-29-7-14(6-16(22)20(29)25-18)17-5-12(3)19-23-13(4)26-30(19)27-17/h5-7,10-11,15,21,24,31H,8-9H2,1-4H3. The Kier molecular flexibility index (Phi) is 4.72. The Morgan fingerprint density at radius 3 is 2.61 bits per heavy atom. The van der Waals surface area contributed by atoms with Gasteiger partial charge in [0.25, 0.3) is 0 Å². The Morgan fingerprint density at radius 2 is 1.87 bits per heavy atom. The molecule has 0 aliphatic carbocycles. The first-order valence-electron chi connectivity index (χ1n) is 10.4. The number of hydrogen-bond acceptors (Lipinski definition) is 7. The lowest BCUT2D eigenvalue weighted by molar-refractivity contribution is 0.0385. The summed E-state index contributed by atoms with van der Waals surface area (Å²) in [5.74, 6) is 0.137. The molecular weight excluding hydrogens is 399 g/mol. The number of aliphatic hydroxyl groups is 1. The molecule has 0 spiro atoms. The van der Waals surface area contributed by atoms with E-state index in [0.29, 0.717) is 34.5 Å². The largest absolute Gasteiger partial charge is 0.373 e. The van der Waals surface area contributed by atoms with Gasteiger partial charge in [-0.05, 0) is 45.4 Å². The van der Waals surface area contributed by atoms with Gasteiger partial charge in [-0.3, -0.25) is 10.2 Å². The van der Waals surface area contributed by atoms with Crippen molar-refractivity contribution in [2.24, 2.45) is 0 Å². The minimum absolute atomic E-state index is 0.159. The summed E-state index contributed by atoms with van der Waals surface area (Å²) in [6.07, 6.45) is 2.43. The number of aryl methyl sites for hydroxylation is 2. The molecule has 1 atom stereocenters. The Morgan fingerprint density at radius 1 is 1.10 bits per heavy atom. The number of likely N-dealkylation sites (tertiary alicyclic amines) is 1. The lowest BCUT2D eigenvalue weighted by Gasteiger charge is -2.43. The van der Waals surface area contributed by atoms with E-state index in [1.807, 2.05) is 13.0 Å². The van der Waals surface area contributed by atoms with Gasteiger partial charge in [-0.2, -0.15) is 0 Å². The van der Waals surface area contributed by atoms with Crippen LogP contribution >= 0.6 is 0 Å². The Balaban J connectivity index is 1.43. The predicted octanol–water partition coefficient (Wildman–Crippen LogP) is 1.87. The van der Waals surface area contributed by atoms with E-state index in [2.05, 4.69) is 44.2 Å². The van der Waals surface area contributed by atoms with Gasteiger partial charge in [0, 0.05) is 43.1 Å². The number of rotatable bonds is 5. The first-order chi connectivity index (χ1) is 14.8. The SMILES string of the molecule is Cc1nc2c(C)cc(-c3cc(F)c4nc(C(O)NC5CN(C(C)C)C5)cn4c3)nn2n1. The Bertz CT molecular complexity index is 1270. The second-order valence-electron chi connectivity index (χ2n) is 8.47. The van der Waals surface area contributed by atoms with Crippen LogP contribution in [0.3, 0.4) is 0 Å². The highest BCUT2D eigenvalue weighted by Gasteiger charge is 2.30. The summed E-state index contributed by atoms with van der Waals surface area (Å²) in [6, 6.07) is 3.92. The van der Waals surface area contributed by atoms with Crippen molar-refractivity contribution < 1.29 is 9.50 Å². The predicted molar refractivity (Wildman–Crippen MR) is 113 cm³/mol. The van der Waals surface area contributed by atoms with E-state index in [9.17, 15) is 9.50 Å². The first-order valence-corrected chi connectivity index (χ1v) is 10.4. The number of aromatic nitrogens is 6. The summed E-state index contributed by atoms with van der Waals surface area (Å²) in [6.45, 7) is 9.75. The van der Waals surface area contributed by atoms with Gasteiger partial charge in [-0.25, -0.2) is 14.4 Å². The van der Waals surface area contributed by atoms with Gasteiger partial charge in [-0.1, -0.05) is 0 Å². The van der Waals surface area contributed by atoms with Gasteiger partial charge in [0.05, 0.1) is 5.69 Å². The molecule has 0 saturated carbocycles. The van der Waals surface area contributed by atoms with E-state index >= 15 is 0 Å². The summed E-state index contributed by atoms with van der Waals surface area (Å²) < 4.78 is 17.9. The quantitative estimate of drug-likeness (QED) is 0.472. The average Bonchev–Trinajstić information content (AvgIpc) is 3.27. The van der Waals surface area contributed by atoms with Crippen molar-refractivity contribution in [1.29, 1.82) is 0 Å². The number of imidazole rings is 1. The van der Waals surface area contributed by atoms with Gasteiger partial charge in [-0.15, -0.1) is 14.8 Å². The van der Waals surface area contributed by atoms with Crippen LogP contribution in [-0.2, 0) is 0 Å². The maximum absolute atomic E-state index is 14.9. The molecule has 31 heavy (non-hydrogen) atoms. The number of hydrogen-bond donors (Lipinski definition) is 2. The molecular formula is C21H25FN8O. The van der Waals surface area contributed by atoms with E-state index in [4.69, 9.17) is 0 Å². The van der Waals surface area contributed by atoms with E-state index < -0.39 is 12.0 Å². The zero-order valence-corrected chi connectivity index (χ0v) is 17.9. The van der Waals surface area contributed by atoms with Crippen molar-refractivity contribution in [3.8, 4) is 11.3 Å². The lowest BCUT2D eigenvalue weighted by atomic mass is 10.1. The summed E-state index contributed by atoms with van der Waals surface area (Å²) in [5.41, 5.74) is 3.27. The van der Waals surface area contributed by atoms with E-state index in [0.717, 1.165) is 18.7 Å². The summed E-state index contributed by atoms with van der Waals surface area (Å²) in [7, 11) is 0. The zero-order chi connectivity index (χ0) is 21.9. The normalized spacial score (nSPS) is 16.5. The second kappa shape index (κ2) is 7.33. The van der Waals surface area contributed by atoms with Crippen LogP contribution in [0.4, 0.5) is 4.39 Å². The maximum Gasteiger partial charge on any atom is 0.179 e. The maximum atomic E-state index is 14.9. The molecule has 1 aliphatic heterocycles. The average molecular weight is 424 g/mol. The molecule has 4 aromatic heterocycles. The van der Waals surface area contributed by atoms with Crippen molar-refractivity contribution >= 4 is 11.3 Å². The fraction of sp³-hybridized carbons (Fsp3) is 0.429. The topological polar surface area (TPSA) is 95.9 Å². The van der Waals surface area contributed by atoms with Crippen LogP contribution in [0.15, 0.2) is 24.5 Å². The molecule has 5 rings (SSSR count). The van der Waals surface area contributed by atoms with Gasteiger partial charge in [0.1, 0.15) is 17.7 Å². The summed E-state index contributed by atoms with van der Waals surface area (Å²) in [5, 5.41) is 22.5. The minimum Gasteiger partial charge on any atom is -0.373 e. The molecule has 9 nitrogen and oxygen atoms in total. The number of nitrogens with zero attached hydrogens (tertiary/aromatic N) is 7. The Hall–Kier alpha value is -2.95. The molecule has 0 bridgehead atoms. The van der Waals surface area contributed by atoms with Crippen molar-refractivity contribution in [2.75, 3.05) is 13.1 Å². The van der Waals surface area contributed by atoms with Crippen molar-refractivity contribution in [2.45, 2.75) is 46.0 Å². The third kappa shape index (κ3) is 3.56. The molecule has 1 fully saturated rings. The van der Waals surface area contributed by atoms with E-state index in [1.165, 1.54) is 10.7 Å². The van der Waals surface area contributed by atoms with Crippen LogP contribution in [0.5, 0.6) is 0 Å². The highest BCUT2D eigenvalue weighted by Crippen LogP contribution is 2.24. The van der Waals surface area contributed by atoms with Gasteiger partial charge >= 0.3 is 0 Å². The molecule has 0 amide bonds. The van der Waals surface area contributed by atoms with Crippen molar-refractivity contribution in [3.63, 3.8) is 0 Å². The van der Waals surface area contributed by atoms with E-state index in [-0.39, 0.29) is 11.7 Å². The zero-order valence-electron chi connectivity index (χ0n) is 17.9. The van der Waals surface area contributed by atoms with Crippen LogP contribution in [0.1, 0.15) is 37.2 Å². The second-order valence-corrected chi connectivity index (χ2v) is 8.47. The minimum atomic E-state index is -0.961. The fourth-order valence-corrected chi connectivity index (χ4v) is 3.96. The highest BCUT2D eigenvalue weighted by molar-refractivity contribution is 5.64. The Labute approximate surface area is 178 Å².